The molecule has 0 bridgehead atoms. The van der Waals surface area contributed by atoms with Crippen LogP contribution in [0.1, 0.15) is 118 Å². The number of hydrogen-bond donors (Lipinski definition) is 0. The van der Waals surface area contributed by atoms with Gasteiger partial charge in [-0.05, 0) is 162 Å². The third kappa shape index (κ3) is 5.05. The Hall–Kier alpha value is -5.46. The van der Waals surface area contributed by atoms with Gasteiger partial charge < -0.3 is 0 Å². The van der Waals surface area contributed by atoms with E-state index in [9.17, 15) is 0 Å². The zero-order valence-corrected chi connectivity index (χ0v) is 34.6. The first-order valence-corrected chi connectivity index (χ1v) is 21.4. The second-order valence-electron chi connectivity index (χ2n) is 19.3. The van der Waals surface area contributed by atoms with Crippen LogP contribution in [0.5, 0.6) is 0 Å². The molecule has 7 aromatic rings. The Balaban J connectivity index is 0.899. The Morgan fingerprint density at radius 2 is 0.614 bits per heavy atom. The van der Waals surface area contributed by atoms with Gasteiger partial charge in [0.2, 0.25) is 0 Å². The Morgan fingerprint density at radius 1 is 0.333 bits per heavy atom. The van der Waals surface area contributed by atoms with E-state index in [0.717, 1.165) is 5.92 Å². The molecule has 0 heteroatoms. The largest absolute Gasteiger partial charge is 0.0587 e. The first-order chi connectivity index (χ1) is 27.4. The second-order valence-corrected chi connectivity index (χ2v) is 19.3. The monoisotopic (exact) mass is 736 g/mol. The van der Waals surface area contributed by atoms with E-state index >= 15 is 0 Å². The molecule has 0 amide bonds. The van der Waals surface area contributed by atoms with Gasteiger partial charge in [0.1, 0.15) is 0 Å². The maximum atomic E-state index is 2.48. The molecule has 7 aromatic carbocycles. The minimum Gasteiger partial charge on any atom is -0.0587 e. The lowest BCUT2D eigenvalue weighted by molar-refractivity contribution is 0.659. The SMILES string of the molecule is Cc1ccc2c(c1)C(C)(C)c1cc(-c3ccc4c(c3)C(C)(C)c3cc(-c5ccc6c(c5)C(C)(C)c5cc(-c7ccc(C8CCCC8)cc7)ccc5-6)ccc3-4)ccc1-2. The lowest BCUT2D eigenvalue weighted by Crippen LogP contribution is -2.16. The predicted molar refractivity (Wildman–Crippen MR) is 241 cm³/mol. The maximum absolute atomic E-state index is 2.48. The van der Waals surface area contributed by atoms with Crippen molar-refractivity contribution in [1.29, 1.82) is 0 Å². The first-order valence-electron chi connectivity index (χ1n) is 21.4. The van der Waals surface area contributed by atoms with Gasteiger partial charge in [0.15, 0.2) is 0 Å². The van der Waals surface area contributed by atoms with E-state index in [1.807, 2.05) is 0 Å². The smallest absolute Gasteiger partial charge is 0.0159 e. The molecule has 0 unspecified atom stereocenters. The van der Waals surface area contributed by atoms with Gasteiger partial charge in [0, 0.05) is 16.2 Å². The molecule has 0 aromatic heterocycles. The van der Waals surface area contributed by atoms with E-state index in [4.69, 9.17) is 0 Å². The topological polar surface area (TPSA) is 0 Å². The average Bonchev–Trinajstić information content (AvgIpc) is 3.95. The van der Waals surface area contributed by atoms with Crippen molar-refractivity contribution in [3.8, 4) is 66.8 Å². The highest BCUT2D eigenvalue weighted by molar-refractivity contribution is 5.90. The van der Waals surface area contributed by atoms with Crippen molar-refractivity contribution in [2.45, 2.75) is 96.3 Å². The standard InChI is InChI=1S/C57H52/c1-34-12-22-43-44-24-18-39(30-51(44)55(2,3)49(43)28-34)40-20-26-47-48-27-21-42(33-54(48)57(6,7)53(47)32-40)41-19-25-46-45-23-17-38(29-50(45)56(4,5)52(46)31-41)37-15-13-36(14-16-37)35-10-8-9-11-35/h12-33,35H,8-11H2,1-7H3. The molecule has 4 aliphatic rings. The third-order valence-corrected chi connectivity index (χ3v) is 14.9. The fourth-order valence-electron chi connectivity index (χ4n) is 11.4. The van der Waals surface area contributed by atoms with Crippen LogP contribution in [0.25, 0.3) is 66.8 Å². The van der Waals surface area contributed by atoms with Crippen LogP contribution < -0.4 is 0 Å². The van der Waals surface area contributed by atoms with E-state index in [1.165, 1.54) is 137 Å². The van der Waals surface area contributed by atoms with Crippen molar-refractivity contribution in [1.82, 2.24) is 0 Å². The maximum Gasteiger partial charge on any atom is 0.0159 e. The predicted octanol–water partition coefficient (Wildman–Crippen LogP) is 15.6. The van der Waals surface area contributed by atoms with Gasteiger partial charge in [-0.1, -0.05) is 163 Å². The van der Waals surface area contributed by atoms with Gasteiger partial charge >= 0.3 is 0 Å². The van der Waals surface area contributed by atoms with Crippen molar-refractivity contribution >= 4 is 0 Å². The number of benzene rings is 7. The van der Waals surface area contributed by atoms with Gasteiger partial charge in [0.05, 0.1) is 0 Å². The molecule has 0 heterocycles. The van der Waals surface area contributed by atoms with Crippen LogP contribution in [-0.2, 0) is 16.2 Å². The summed E-state index contributed by atoms with van der Waals surface area (Å²) in [5, 5.41) is 0. The molecule has 0 atom stereocenters. The Bertz CT molecular complexity index is 2810. The zero-order chi connectivity index (χ0) is 39.0. The zero-order valence-electron chi connectivity index (χ0n) is 34.6. The molecular formula is C57H52. The van der Waals surface area contributed by atoms with E-state index < -0.39 is 0 Å². The highest BCUT2D eigenvalue weighted by Gasteiger charge is 2.39. The van der Waals surface area contributed by atoms with Gasteiger partial charge in [-0.15, -0.1) is 0 Å². The summed E-state index contributed by atoms with van der Waals surface area (Å²) in [6.07, 6.45) is 5.44. The Kier molecular flexibility index (Phi) is 7.34. The third-order valence-electron chi connectivity index (χ3n) is 14.9. The van der Waals surface area contributed by atoms with Crippen molar-refractivity contribution in [2.24, 2.45) is 0 Å². The van der Waals surface area contributed by atoms with Crippen LogP contribution in [-0.4, -0.2) is 0 Å². The minimum absolute atomic E-state index is 0.0190. The quantitative estimate of drug-likeness (QED) is 0.169. The summed E-state index contributed by atoms with van der Waals surface area (Å²) in [5.74, 6) is 0.749. The summed E-state index contributed by atoms with van der Waals surface area (Å²) in [6, 6.07) is 52.4. The molecule has 1 saturated carbocycles. The van der Waals surface area contributed by atoms with Gasteiger partial charge in [-0.2, -0.15) is 0 Å². The highest BCUT2D eigenvalue weighted by atomic mass is 14.4. The summed E-state index contributed by atoms with van der Waals surface area (Å²) in [7, 11) is 0. The van der Waals surface area contributed by atoms with E-state index in [2.05, 4.69) is 182 Å². The van der Waals surface area contributed by atoms with Crippen LogP contribution >= 0.6 is 0 Å². The summed E-state index contributed by atoms with van der Waals surface area (Å²) in [4.78, 5) is 0. The summed E-state index contributed by atoms with van der Waals surface area (Å²) >= 11 is 0. The number of fused-ring (bicyclic) bond motifs is 9. The fourth-order valence-corrected chi connectivity index (χ4v) is 11.4. The van der Waals surface area contributed by atoms with Crippen molar-refractivity contribution in [3.63, 3.8) is 0 Å². The first kappa shape index (κ1) is 34.8. The molecule has 0 aliphatic heterocycles. The van der Waals surface area contributed by atoms with E-state index in [-0.39, 0.29) is 16.2 Å². The molecule has 0 nitrogen and oxygen atoms in total. The Labute approximate surface area is 339 Å². The van der Waals surface area contributed by atoms with Crippen molar-refractivity contribution < 1.29 is 0 Å². The molecule has 0 N–H and O–H groups in total. The lowest BCUT2D eigenvalue weighted by atomic mass is 9.79. The highest BCUT2D eigenvalue weighted by Crippen LogP contribution is 2.54. The van der Waals surface area contributed by atoms with Crippen molar-refractivity contribution in [2.75, 3.05) is 0 Å². The summed E-state index contributed by atoms with van der Waals surface area (Å²) in [6.45, 7) is 16.6. The number of aryl methyl sites for hydroxylation is 1. The Morgan fingerprint density at radius 3 is 0.965 bits per heavy atom. The molecular weight excluding hydrogens is 685 g/mol. The lowest BCUT2D eigenvalue weighted by Gasteiger charge is -2.24. The van der Waals surface area contributed by atoms with Crippen LogP contribution in [0.2, 0.25) is 0 Å². The molecule has 11 rings (SSSR count). The minimum atomic E-state index is -0.113. The molecule has 0 saturated heterocycles. The van der Waals surface area contributed by atoms with Gasteiger partial charge in [-0.3, -0.25) is 0 Å². The van der Waals surface area contributed by atoms with Crippen LogP contribution in [0.3, 0.4) is 0 Å². The molecule has 4 aliphatic carbocycles. The van der Waals surface area contributed by atoms with Crippen molar-refractivity contribution in [3.05, 3.63) is 178 Å². The van der Waals surface area contributed by atoms with Crippen LogP contribution in [0.4, 0.5) is 0 Å². The fraction of sp³-hybridized carbons (Fsp3) is 0.263. The summed E-state index contributed by atoms with van der Waals surface area (Å²) in [5.41, 5.74) is 27.2. The number of hydrogen-bond acceptors (Lipinski definition) is 0. The molecule has 0 spiro atoms. The normalized spacial score (nSPS) is 17.5. The molecule has 1 fully saturated rings. The van der Waals surface area contributed by atoms with E-state index in [0.29, 0.717) is 0 Å². The van der Waals surface area contributed by atoms with E-state index in [1.54, 1.807) is 0 Å². The molecule has 280 valence electrons. The molecule has 57 heavy (non-hydrogen) atoms. The van der Waals surface area contributed by atoms with Crippen LogP contribution in [0, 0.1) is 6.92 Å². The van der Waals surface area contributed by atoms with Gasteiger partial charge in [0.25, 0.3) is 0 Å². The average molecular weight is 737 g/mol. The number of rotatable bonds is 4. The second kappa shape index (κ2) is 12.0. The summed E-state index contributed by atoms with van der Waals surface area (Å²) < 4.78 is 0. The molecule has 0 radical (unpaired) electrons. The van der Waals surface area contributed by atoms with Gasteiger partial charge in [-0.25, -0.2) is 0 Å². The van der Waals surface area contributed by atoms with Crippen LogP contribution in [0.15, 0.2) is 133 Å².